The highest BCUT2D eigenvalue weighted by molar-refractivity contribution is 7.99. The molecule has 1 aliphatic rings. The van der Waals surface area contributed by atoms with Crippen molar-refractivity contribution in [2.75, 3.05) is 11.9 Å². The van der Waals surface area contributed by atoms with Crippen molar-refractivity contribution in [3.63, 3.8) is 0 Å². The van der Waals surface area contributed by atoms with Gasteiger partial charge in [-0.1, -0.05) is 36.8 Å². The van der Waals surface area contributed by atoms with E-state index in [4.69, 9.17) is 0 Å². The number of anilines is 1. The highest BCUT2D eigenvalue weighted by atomic mass is 32.2. The Morgan fingerprint density at radius 1 is 1.23 bits per heavy atom. The fourth-order valence-electron chi connectivity index (χ4n) is 3.68. The van der Waals surface area contributed by atoms with Gasteiger partial charge in [-0.2, -0.15) is 0 Å². The lowest BCUT2D eigenvalue weighted by Gasteiger charge is -2.16. The zero-order chi connectivity index (χ0) is 22.0. The summed E-state index contributed by atoms with van der Waals surface area (Å²) in [5.41, 5.74) is 0.823. The van der Waals surface area contributed by atoms with Gasteiger partial charge in [-0.15, -0.1) is 5.10 Å². The van der Waals surface area contributed by atoms with Crippen LogP contribution >= 0.6 is 11.8 Å². The molecule has 11 heteroatoms. The number of benzene rings is 1. The number of nitrogens with one attached hydrogen (secondary N) is 1. The van der Waals surface area contributed by atoms with E-state index in [2.05, 4.69) is 32.5 Å². The fourth-order valence-corrected chi connectivity index (χ4v) is 4.45. The molecule has 4 N–H and O–H groups in total. The minimum absolute atomic E-state index is 0.0277. The Morgan fingerprint density at radius 2 is 2.00 bits per heavy atom. The first-order valence-corrected chi connectivity index (χ1v) is 11.0. The van der Waals surface area contributed by atoms with E-state index in [1.54, 1.807) is 0 Å². The predicted octanol–water partition coefficient (Wildman–Crippen LogP) is 1.95. The molecule has 0 spiro atoms. The van der Waals surface area contributed by atoms with E-state index >= 15 is 0 Å². The van der Waals surface area contributed by atoms with Crippen LogP contribution in [0.3, 0.4) is 0 Å². The lowest BCUT2D eigenvalue weighted by molar-refractivity contribution is -0.145. The quantitative estimate of drug-likeness (QED) is 0.300. The van der Waals surface area contributed by atoms with Gasteiger partial charge in [0.2, 0.25) is 0 Å². The molecule has 0 bridgehead atoms. The third kappa shape index (κ3) is 4.34. The minimum atomic E-state index is -1.39. The molecule has 1 aromatic carbocycles. The number of carbonyl (C=O) groups is 1. The van der Waals surface area contributed by atoms with Crippen LogP contribution in [0, 0.1) is 5.92 Å². The molecule has 3 aromatic rings. The third-order valence-electron chi connectivity index (χ3n) is 5.36. The van der Waals surface area contributed by atoms with Gasteiger partial charge < -0.3 is 20.6 Å². The smallest absolute Gasteiger partial charge is 0.309 e. The van der Waals surface area contributed by atoms with Gasteiger partial charge in [0.05, 0.1) is 18.1 Å². The van der Waals surface area contributed by atoms with Crippen molar-refractivity contribution < 1.29 is 20.1 Å². The molecule has 0 amide bonds. The molecule has 0 saturated heterocycles. The standard InChI is InChI=1S/C20H24N6O4S/c1-2-3-9-21-17-14-18(23-20(22-17)31-11-7-5-4-6-8-11)26(25-24-14)13-10-12(19(29)30)15(27)16(13)28/h4-8,12-13,15-16,27-28H,2-3,9-10H2,1H3,(H,29,30)(H,21,22,23)/t12-,13?,15?,16?/m0/s1. The summed E-state index contributed by atoms with van der Waals surface area (Å²) < 4.78 is 1.41. The maximum absolute atomic E-state index is 11.4. The number of aliphatic carboxylic acids is 1. The van der Waals surface area contributed by atoms with Crippen molar-refractivity contribution in [3.8, 4) is 0 Å². The average Bonchev–Trinajstić information content (AvgIpc) is 3.30. The van der Waals surface area contributed by atoms with Gasteiger partial charge in [0.25, 0.3) is 0 Å². The number of hydrogen-bond acceptors (Lipinski definition) is 9. The van der Waals surface area contributed by atoms with Crippen LogP contribution in [0.2, 0.25) is 0 Å². The Kier molecular flexibility index (Phi) is 6.35. The van der Waals surface area contributed by atoms with Crippen LogP contribution in [0.15, 0.2) is 40.4 Å². The van der Waals surface area contributed by atoms with Crippen molar-refractivity contribution in [2.24, 2.45) is 5.92 Å². The predicted molar refractivity (Wildman–Crippen MR) is 114 cm³/mol. The zero-order valence-electron chi connectivity index (χ0n) is 16.9. The highest BCUT2D eigenvalue weighted by Gasteiger charge is 2.47. The molecule has 1 saturated carbocycles. The van der Waals surface area contributed by atoms with Gasteiger partial charge in [0.15, 0.2) is 22.1 Å². The lowest BCUT2D eigenvalue weighted by Crippen LogP contribution is -2.32. The van der Waals surface area contributed by atoms with Crippen molar-refractivity contribution >= 4 is 34.7 Å². The molecule has 2 heterocycles. The summed E-state index contributed by atoms with van der Waals surface area (Å²) in [7, 11) is 0. The van der Waals surface area contributed by atoms with Crippen LogP contribution < -0.4 is 5.32 Å². The summed E-state index contributed by atoms with van der Waals surface area (Å²) in [4.78, 5) is 21.6. The Labute approximate surface area is 182 Å². The van der Waals surface area contributed by atoms with Crippen molar-refractivity contribution in [3.05, 3.63) is 30.3 Å². The molecule has 0 radical (unpaired) electrons. The first-order chi connectivity index (χ1) is 15.0. The number of aliphatic hydroxyl groups is 2. The van der Waals surface area contributed by atoms with Crippen molar-refractivity contribution in [1.29, 1.82) is 0 Å². The number of nitrogens with zero attached hydrogens (tertiary/aromatic N) is 5. The Balaban J connectivity index is 1.74. The van der Waals surface area contributed by atoms with Gasteiger partial charge in [0.1, 0.15) is 6.10 Å². The molecule has 10 nitrogen and oxygen atoms in total. The molecule has 4 rings (SSSR count). The molecule has 4 atom stereocenters. The molecule has 0 aliphatic heterocycles. The summed E-state index contributed by atoms with van der Waals surface area (Å²) >= 11 is 1.38. The van der Waals surface area contributed by atoms with E-state index in [0.29, 0.717) is 28.7 Å². The molecule has 3 unspecified atom stereocenters. The van der Waals surface area contributed by atoms with Crippen LogP contribution in [-0.2, 0) is 4.79 Å². The van der Waals surface area contributed by atoms with Crippen LogP contribution in [0.1, 0.15) is 32.2 Å². The number of hydrogen-bond donors (Lipinski definition) is 4. The van der Waals surface area contributed by atoms with E-state index in [0.717, 1.165) is 17.7 Å². The first kappa shape index (κ1) is 21.5. The van der Waals surface area contributed by atoms with E-state index in [1.165, 1.54) is 16.4 Å². The second kappa shape index (κ2) is 9.16. The number of fused-ring (bicyclic) bond motifs is 1. The van der Waals surface area contributed by atoms with Gasteiger partial charge in [-0.3, -0.25) is 4.79 Å². The number of aromatic nitrogens is 5. The number of aliphatic hydroxyl groups excluding tert-OH is 2. The highest BCUT2D eigenvalue weighted by Crippen LogP contribution is 2.37. The Bertz CT molecular complexity index is 1060. The van der Waals surface area contributed by atoms with Crippen LogP contribution in [-0.4, -0.2) is 65.0 Å². The summed E-state index contributed by atoms with van der Waals surface area (Å²) in [5, 5.41) is 42.1. The maximum atomic E-state index is 11.4. The molecular weight excluding hydrogens is 420 g/mol. The van der Waals surface area contributed by atoms with Crippen LogP contribution in [0.4, 0.5) is 5.82 Å². The molecule has 2 aromatic heterocycles. The Morgan fingerprint density at radius 3 is 2.68 bits per heavy atom. The topological polar surface area (TPSA) is 146 Å². The maximum Gasteiger partial charge on any atom is 0.309 e. The third-order valence-corrected chi connectivity index (χ3v) is 6.23. The van der Waals surface area contributed by atoms with Crippen molar-refractivity contribution in [1.82, 2.24) is 25.0 Å². The second-order valence-electron chi connectivity index (χ2n) is 7.49. The Hall–Kier alpha value is -2.76. The number of carboxylic acid groups (broad SMARTS) is 1. The number of rotatable bonds is 8. The van der Waals surface area contributed by atoms with Crippen molar-refractivity contribution in [2.45, 2.75) is 54.5 Å². The van der Waals surface area contributed by atoms with E-state index in [9.17, 15) is 20.1 Å². The normalized spacial score (nSPS) is 23.3. The van der Waals surface area contributed by atoms with Gasteiger partial charge in [-0.05, 0) is 36.7 Å². The van der Waals surface area contributed by atoms with Crippen LogP contribution in [0.5, 0.6) is 0 Å². The van der Waals surface area contributed by atoms with E-state index in [1.807, 2.05) is 30.3 Å². The monoisotopic (exact) mass is 444 g/mol. The molecule has 164 valence electrons. The van der Waals surface area contributed by atoms with Crippen LogP contribution in [0.25, 0.3) is 11.2 Å². The van der Waals surface area contributed by atoms with E-state index in [-0.39, 0.29) is 6.42 Å². The fraction of sp³-hybridized carbons (Fsp3) is 0.450. The van der Waals surface area contributed by atoms with E-state index < -0.39 is 30.1 Å². The molecule has 31 heavy (non-hydrogen) atoms. The van der Waals surface area contributed by atoms with Gasteiger partial charge in [-0.25, -0.2) is 14.6 Å². The minimum Gasteiger partial charge on any atom is -0.481 e. The zero-order valence-corrected chi connectivity index (χ0v) is 17.7. The summed E-state index contributed by atoms with van der Waals surface area (Å²) in [5.74, 6) is -1.71. The average molecular weight is 445 g/mol. The van der Waals surface area contributed by atoms with Gasteiger partial charge in [0, 0.05) is 11.4 Å². The summed E-state index contributed by atoms with van der Waals surface area (Å²) in [6, 6.07) is 8.93. The SMILES string of the molecule is CCCCNc1nc(Sc2ccccc2)nc2c1nnn2C1C[C@H](C(=O)O)C(O)C1O. The number of carboxylic acids is 1. The first-order valence-electron chi connectivity index (χ1n) is 10.2. The summed E-state index contributed by atoms with van der Waals surface area (Å²) in [6.45, 7) is 2.80. The molecule has 1 aliphatic carbocycles. The lowest BCUT2D eigenvalue weighted by atomic mass is 10.1. The number of unbranched alkanes of at least 4 members (excludes halogenated alkanes) is 1. The molecule has 1 fully saturated rings. The molecular formula is C20H24N6O4S. The van der Waals surface area contributed by atoms with Gasteiger partial charge >= 0.3 is 5.97 Å². The second-order valence-corrected chi connectivity index (χ2v) is 8.53. The summed E-state index contributed by atoms with van der Waals surface area (Å²) in [6.07, 6.45) is -0.678. The largest absolute Gasteiger partial charge is 0.481 e.